The average Bonchev–Trinajstić information content (AvgIpc) is 2.80. The molecule has 11 nitrogen and oxygen atoms in total. The van der Waals surface area contributed by atoms with E-state index in [9.17, 15) is 23.9 Å². The summed E-state index contributed by atoms with van der Waals surface area (Å²) < 4.78 is 32.8. The van der Waals surface area contributed by atoms with Crippen LogP contribution in [0, 0.1) is 0 Å². The van der Waals surface area contributed by atoms with Crippen molar-refractivity contribution in [3.05, 3.63) is 57.9 Å². The minimum Gasteiger partial charge on any atom is -0.496 e. The Labute approximate surface area is 201 Å². The number of quaternary nitrogens is 1. The number of carbonyl (C=O) groups excluding carboxylic acids is 1. The third kappa shape index (κ3) is 5.49. The van der Waals surface area contributed by atoms with Crippen molar-refractivity contribution in [2.45, 2.75) is 20.4 Å². The summed E-state index contributed by atoms with van der Waals surface area (Å²) in [7, 11) is -1.91. The third-order valence-electron chi connectivity index (χ3n) is 6.01. The highest BCUT2D eigenvalue weighted by atomic mass is 31.2. The molecule has 3 rings (SSSR count). The lowest BCUT2D eigenvalue weighted by Crippen LogP contribution is -2.48. The van der Waals surface area contributed by atoms with Gasteiger partial charge in [0.1, 0.15) is 40.6 Å². The van der Waals surface area contributed by atoms with Gasteiger partial charge in [-0.05, 0) is 32.0 Å². The molecule has 0 fully saturated rings. The van der Waals surface area contributed by atoms with Crippen LogP contribution in [-0.2, 0) is 11.1 Å². The van der Waals surface area contributed by atoms with Gasteiger partial charge in [-0.3, -0.25) is 19.1 Å². The molecular weight excluding hydrogens is 479 g/mol. The van der Waals surface area contributed by atoms with Crippen LogP contribution in [0.15, 0.2) is 45.6 Å². The summed E-state index contributed by atoms with van der Waals surface area (Å²) >= 11 is 0. The second-order valence-corrected chi connectivity index (χ2v) is 9.02. The highest BCUT2D eigenvalue weighted by molar-refractivity contribution is 7.46. The van der Waals surface area contributed by atoms with Gasteiger partial charge in [0, 0.05) is 23.6 Å². The molecule has 0 radical (unpaired) electrons. The number of benzene rings is 2. The van der Waals surface area contributed by atoms with Gasteiger partial charge in [-0.2, -0.15) is 0 Å². The van der Waals surface area contributed by atoms with Gasteiger partial charge in [0.2, 0.25) is 0 Å². The maximum Gasteiger partial charge on any atom is 0.524 e. The van der Waals surface area contributed by atoms with Crippen LogP contribution in [0.2, 0.25) is 0 Å². The molecule has 1 amide bonds. The first kappa shape index (κ1) is 26.2. The molecule has 1 heterocycles. The van der Waals surface area contributed by atoms with Crippen molar-refractivity contribution in [3.63, 3.8) is 0 Å². The Bertz CT molecular complexity index is 1330. The van der Waals surface area contributed by atoms with Gasteiger partial charge in [-0.1, -0.05) is 0 Å². The second kappa shape index (κ2) is 10.1. The number of rotatable bonds is 10. The van der Waals surface area contributed by atoms with Crippen molar-refractivity contribution >= 4 is 30.4 Å². The molecule has 0 aliphatic carbocycles. The molecule has 0 saturated carbocycles. The van der Waals surface area contributed by atoms with Gasteiger partial charge in [-0.15, -0.1) is 0 Å². The van der Waals surface area contributed by atoms with E-state index in [2.05, 4.69) is 0 Å². The lowest BCUT2D eigenvalue weighted by Gasteiger charge is -2.37. The van der Waals surface area contributed by atoms with Gasteiger partial charge in [-0.25, -0.2) is 9.36 Å². The van der Waals surface area contributed by atoms with Gasteiger partial charge in [0.25, 0.3) is 5.91 Å². The van der Waals surface area contributed by atoms with Gasteiger partial charge in [0.05, 0.1) is 32.9 Å². The van der Waals surface area contributed by atoms with E-state index in [0.29, 0.717) is 52.1 Å². The number of ether oxygens (including phenoxy) is 2. The first-order valence-electron chi connectivity index (χ1n) is 10.7. The highest BCUT2D eigenvalue weighted by Gasteiger charge is 2.32. The first-order chi connectivity index (χ1) is 16.5. The fraction of sp³-hybridized carbons (Fsp3) is 0.304. The molecule has 0 bridgehead atoms. The summed E-state index contributed by atoms with van der Waals surface area (Å²) in [5.41, 5.74) is 6.03. The van der Waals surface area contributed by atoms with E-state index in [0.717, 1.165) is 5.69 Å². The number of carbonyl (C=O) groups is 1. The standard InChI is InChI=1S/C23H27N2O9P/c1-5-25(6-2,15-8-7-14-9-17(22(24)26)23(27)33-19(14)10-15)13-18-20(31-3)11-16(12-21(18)32-4)34-35(28,29)30/h7-12H,5-6,13H2,1-4H3,(H3-,24,26,28,29,30)/p+1. The molecule has 0 unspecified atom stereocenters. The minimum absolute atomic E-state index is 0.0976. The Morgan fingerprint density at radius 3 is 2.14 bits per heavy atom. The summed E-state index contributed by atoms with van der Waals surface area (Å²) in [6.45, 7) is 5.66. The van der Waals surface area contributed by atoms with E-state index in [1.54, 1.807) is 12.1 Å². The molecule has 0 saturated heterocycles. The van der Waals surface area contributed by atoms with Crippen LogP contribution in [0.5, 0.6) is 17.2 Å². The highest BCUT2D eigenvalue weighted by Crippen LogP contribution is 2.43. The second-order valence-electron chi connectivity index (χ2n) is 7.86. The van der Waals surface area contributed by atoms with Crippen LogP contribution in [0.25, 0.3) is 11.0 Å². The molecule has 0 aliphatic heterocycles. The number of hydrogen-bond donors (Lipinski definition) is 3. The predicted octanol–water partition coefficient (Wildman–Crippen LogP) is 2.93. The van der Waals surface area contributed by atoms with E-state index >= 15 is 0 Å². The maximum atomic E-state index is 12.2. The van der Waals surface area contributed by atoms with Crippen molar-refractivity contribution in [1.29, 1.82) is 0 Å². The van der Waals surface area contributed by atoms with Crippen molar-refractivity contribution < 1.29 is 37.6 Å². The molecule has 4 N–H and O–H groups in total. The number of phosphoric acid groups is 1. The number of methoxy groups -OCH3 is 2. The molecule has 188 valence electrons. The number of amides is 1. The molecule has 12 heteroatoms. The minimum atomic E-state index is -4.78. The van der Waals surface area contributed by atoms with Crippen molar-refractivity contribution in [1.82, 2.24) is 4.48 Å². The van der Waals surface area contributed by atoms with Crippen molar-refractivity contribution in [3.8, 4) is 17.2 Å². The number of phosphoric ester groups is 1. The van der Waals surface area contributed by atoms with Crippen LogP contribution in [-0.4, -0.2) is 43.0 Å². The Balaban J connectivity index is 2.13. The monoisotopic (exact) mass is 507 g/mol. The zero-order chi connectivity index (χ0) is 26.0. The molecular formula is C23H28N2O9P+. The fourth-order valence-corrected chi connectivity index (χ4v) is 4.46. The molecule has 0 spiro atoms. The summed E-state index contributed by atoms with van der Waals surface area (Å²) in [4.78, 5) is 42.0. The summed E-state index contributed by atoms with van der Waals surface area (Å²) in [5.74, 6) is -0.298. The Hall–Kier alpha value is -3.37. The van der Waals surface area contributed by atoms with Crippen molar-refractivity contribution in [2.24, 2.45) is 5.73 Å². The molecule has 1 aromatic heterocycles. The zero-order valence-corrected chi connectivity index (χ0v) is 20.7. The lowest BCUT2D eigenvalue weighted by atomic mass is 10.1. The first-order valence-corrected chi connectivity index (χ1v) is 12.2. The smallest absolute Gasteiger partial charge is 0.496 e. The van der Waals surface area contributed by atoms with Crippen LogP contribution in [0.1, 0.15) is 29.8 Å². The SMILES string of the molecule is CC[N+](CC)(Cc1c(OC)cc(OP(=O)(O)O)cc1OC)c1ccc2cc(C(N)=O)c(=O)oc2c1. The van der Waals surface area contributed by atoms with E-state index in [-0.39, 0.29) is 11.3 Å². The largest absolute Gasteiger partial charge is 0.524 e. The third-order valence-corrected chi connectivity index (χ3v) is 6.46. The predicted molar refractivity (Wildman–Crippen MR) is 130 cm³/mol. The lowest BCUT2D eigenvalue weighted by molar-refractivity contribution is 0.0997. The molecule has 0 atom stereocenters. The Morgan fingerprint density at radius 1 is 1.06 bits per heavy atom. The normalized spacial score (nSPS) is 11.9. The maximum absolute atomic E-state index is 12.2. The topological polar surface area (TPSA) is 159 Å². The molecule has 2 aromatic carbocycles. The van der Waals surface area contributed by atoms with Crippen LogP contribution < -0.4 is 29.8 Å². The number of hydrogen-bond acceptors (Lipinski definition) is 7. The number of nitrogens with two attached hydrogens (primary N) is 1. The van der Waals surface area contributed by atoms with Crippen LogP contribution in [0.3, 0.4) is 0 Å². The Kier molecular flexibility index (Phi) is 7.56. The van der Waals surface area contributed by atoms with Crippen LogP contribution in [0.4, 0.5) is 5.69 Å². The van der Waals surface area contributed by atoms with Gasteiger partial charge in [0.15, 0.2) is 0 Å². The van der Waals surface area contributed by atoms with E-state index in [1.165, 1.54) is 32.4 Å². The number of primary amides is 1. The number of fused-ring (bicyclic) bond motifs is 1. The average molecular weight is 507 g/mol. The summed E-state index contributed by atoms with van der Waals surface area (Å²) in [6.07, 6.45) is 0. The summed E-state index contributed by atoms with van der Waals surface area (Å²) in [6, 6.07) is 9.57. The fourth-order valence-electron chi connectivity index (χ4n) is 4.08. The van der Waals surface area contributed by atoms with E-state index < -0.39 is 19.4 Å². The number of nitrogens with zero attached hydrogens (tertiary/aromatic N) is 1. The zero-order valence-electron chi connectivity index (χ0n) is 19.8. The van der Waals surface area contributed by atoms with E-state index in [1.807, 2.05) is 19.9 Å². The quantitative estimate of drug-likeness (QED) is 0.213. The molecule has 35 heavy (non-hydrogen) atoms. The molecule has 3 aromatic rings. The Morgan fingerprint density at radius 2 is 1.66 bits per heavy atom. The van der Waals surface area contributed by atoms with E-state index in [4.69, 9.17) is 24.1 Å². The summed E-state index contributed by atoms with van der Waals surface area (Å²) in [5, 5.41) is 0.557. The van der Waals surface area contributed by atoms with Crippen molar-refractivity contribution in [2.75, 3.05) is 27.3 Å². The van der Waals surface area contributed by atoms with Gasteiger partial charge < -0.3 is 24.1 Å². The van der Waals surface area contributed by atoms with Gasteiger partial charge >= 0.3 is 13.4 Å². The molecule has 0 aliphatic rings. The van der Waals surface area contributed by atoms with Crippen LogP contribution >= 0.6 is 7.82 Å².